The normalized spacial score (nSPS) is 10.8. The Labute approximate surface area is 298 Å². The van der Waals surface area contributed by atoms with E-state index in [0.717, 1.165) is 65.5 Å². The zero-order valence-electron chi connectivity index (χ0n) is 30.1. The Morgan fingerprint density at radius 3 is 1.06 bits per heavy atom. The first-order valence-corrected chi connectivity index (χ1v) is 18.4. The van der Waals surface area contributed by atoms with E-state index in [1.165, 1.54) is 41.5 Å². The van der Waals surface area contributed by atoms with E-state index in [9.17, 15) is 8.78 Å². The van der Waals surface area contributed by atoms with Crippen molar-refractivity contribution in [1.82, 2.24) is 0 Å². The van der Waals surface area contributed by atoms with E-state index in [2.05, 4.69) is 100 Å². The SMILES string of the molecule is CCCCCc1ccc(-c2ccc(-c3ccc(CC)cc3)c(F)c2)cc1.CCCc1ccc(-c2ccc(-c3ccc(CC)cc3)c(F)c2)cc1. The molecule has 0 saturated heterocycles. The summed E-state index contributed by atoms with van der Waals surface area (Å²) in [6, 6.07) is 44.3. The molecule has 0 aliphatic carbocycles. The molecule has 0 saturated carbocycles. The monoisotopic (exact) mass is 664 g/mol. The van der Waals surface area contributed by atoms with Gasteiger partial charge in [-0.15, -0.1) is 0 Å². The number of hydrogen-bond donors (Lipinski definition) is 0. The van der Waals surface area contributed by atoms with Crippen LogP contribution in [-0.2, 0) is 25.7 Å². The van der Waals surface area contributed by atoms with Gasteiger partial charge in [-0.05, 0) is 99.9 Å². The first kappa shape index (κ1) is 36.5. The molecule has 0 bridgehead atoms. The van der Waals surface area contributed by atoms with Gasteiger partial charge in [0.2, 0.25) is 0 Å². The summed E-state index contributed by atoms with van der Waals surface area (Å²) >= 11 is 0. The molecule has 0 N–H and O–H groups in total. The Morgan fingerprint density at radius 2 is 0.700 bits per heavy atom. The van der Waals surface area contributed by atoms with Crippen LogP contribution in [0.15, 0.2) is 133 Å². The second-order valence-corrected chi connectivity index (χ2v) is 13.1. The lowest BCUT2D eigenvalue weighted by atomic mass is 9.97. The van der Waals surface area contributed by atoms with Gasteiger partial charge in [0.05, 0.1) is 0 Å². The predicted molar refractivity (Wildman–Crippen MR) is 211 cm³/mol. The summed E-state index contributed by atoms with van der Waals surface area (Å²) in [5.41, 5.74) is 12.4. The molecule has 6 aromatic carbocycles. The minimum atomic E-state index is -0.172. The topological polar surface area (TPSA) is 0 Å². The minimum Gasteiger partial charge on any atom is -0.206 e. The lowest BCUT2D eigenvalue weighted by Crippen LogP contribution is -1.89. The van der Waals surface area contributed by atoms with Gasteiger partial charge in [0, 0.05) is 11.1 Å². The Kier molecular flexibility index (Phi) is 13.3. The maximum absolute atomic E-state index is 14.7. The molecule has 6 rings (SSSR count). The summed E-state index contributed by atoms with van der Waals surface area (Å²) in [5.74, 6) is -0.340. The van der Waals surface area contributed by atoms with E-state index in [1.54, 1.807) is 12.1 Å². The molecule has 0 nitrogen and oxygen atoms in total. The smallest absolute Gasteiger partial charge is 0.131 e. The molecule has 0 spiro atoms. The number of hydrogen-bond acceptors (Lipinski definition) is 0. The van der Waals surface area contributed by atoms with Gasteiger partial charge in [0.15, 0.2) is 0 Å². The molecular formula is C48H50F2. The molecule has 50 heavy (non-hydrogen) atoms. The van der Waals surface area contributed by atoms with Gasteiger partial charge in [-0.1, -0.05) is 168 Å². The van der Waals surface area contributed by atoms with E-state index >= 15 is 0 Å². The van der Waals surface area contributed by atoms with Crippen LogP contribution < -0.4 is 0 Å². The van der Waals surface area contributed by atoms with Crippen molar-refractivity contribution in [2.45, 2.75) is 79.1 Å². The third kappa shape index (κ3) is 9.66. The molecule has 0 radical (unpaired) electrons. The number of aryl methyl sites for hydroxylation is 4. The molecule has 0 aromatic heterocycles. The van der Waals surface area contributed by atoms with Gasteiger partial charge in [-0.25, -0.2) is 8.78 Å². The summed E-state index contributed by atoms with van der Waals surface area (Å²) in [4.78, 5) is 0. The number of unbranched alkanes of at least 4 members (excludes halogenated alkanes) is 2. The third-order valence-electron chi connectivity index (χ3n) is 9.47. The van der Waals surface area contributed by atoms with Crippen LogP contribution in [0.3, 0.4) is 0 Å². The highest BCUT2D eigenvalue weighted by Gasteiger charge is 2.09. The van der Waals surface area contributed by atoms with Crippen molar-refractivity contribution < 1.29 is 8.78 Å². The quantitative estimate of drug-likeness (QED) is 0.114. The van der Waals surface area contributed by atoms with Gasteiger partial charge >= 0.3 is 0 Å². The van der Waals surface area contributed by atoms with Gasteiger partial charge in [-0.2, -0.15) is 0 Å². The van der Waals surface area contributed by atoms with Crippen LogP contribution >= 0.6 is 0 Å². The van der Waals surface area contributed by atoms with Gasteiger partial charge in [-0.3, -0.25) is 0 Å². The van der Waals surface area contributed by atoms with E-state index in [4.69, 9.17) is 0 Å². The molecular weight excluding hydrogens is 615 g/mol. The van der Waals surface area contributed by atoms with Crippen molar-refractivity contribution in [1.29, 1.82) is 0 Å². The molecule has 0 aliphatic rings. The van der Waals surface area contributed by atoms with Crippen LogP contribution in [0.4, 0.5) is 8.78 Å². The van der Waals surface area contributed by atoms with Crippen LogP contribution in [-0.4, -0.2) is 0 Å². The highest BCUT2D eigenvalue weighted by atomic mass is 19.1. The fourth-order valence-electron chi connectivity index (χ4n) is 6.29. The molecule has 0 aliphatic heterocycles. The van der Waals surface area contributed by atoms with Gasteiger partial charge < -0.3 is 0 Å². The maximum atomic E-state index is 14.7. The standard InChI is InChI=1S/C25H27F.C23H23F/c1-3-5-6-7-20-10-12-21(13-11-20)23-16-17-24(25(26)18-23)22-14-8-19(4-2)9-15-22;1-3-5-18-8-10-19(11-9-18)21-14-15-22(23(24)16-21)20-12-6-17(4-2)7-13-20/h8-18H,3-7H2,1-2H3;6-16H,3-5H2,1-2H3. The summed E-state index contributed by atoms with van der Waals surface area (Å²) in [6.45, 7) is 8.64. The van der Waals surface area contributed by atoms with Crippen LogP contribution in [0.5, 0.6) is 0 Å². The molecule has 0 atom stereocenters. The van der Waals surface area contributed by atoms with E-state index in [1.807, 2.05) is 48.5 Å². The molecule has 0 unspecified atom stereocenters. The van der Waals surface area contributed by atoms with Crippen LogP contribution in [0, 0.1) is 11.6 Å². The van der Waals surface area contributed by atoms with Gasteiger partial charge in [0.25, 0.3) is 0 Å². The van der Waals surface area contributed by atoms with E-state index < -0.39 is 0 Å². The second-order valence-electron chi connectivity index (χ2n) is 13.1. The van der Waals surface area contributed by atoms with Crippen LogP contribution in [0.1, 0.15) is 75.6 Å². The number of rotatable bonds is 12. The fourth-order valence-corrected chi connectivity index (χ4v) is 6.29. The zero-order chi connectivity index (χ0) is 35.3. The summed E-state index contributed by atoms with van der Waals surface area (Å²) < 4.78 is 29.3. The van der Waals surface area contributed by atoms with Crippen molar-refractivity contribution in [3.63, 3.8) is 0 Å². The Hall–Kier alpha value is -4.82. The lowest BCUT2D eigenvalue weighted by molar-refractivity contribution is 0.631. The van der Waals surface area contributed by atoms with Crippen molar-refractivity contribution >= 4 is 0 Å². The average Bonchev–Trinajstić information content (AvgIpc) is 3.16. The molecule has 2 heteroatoms. The van der Waals surface area contributed by atoms with Crippen molar-refractivity contribution in [2.75, 3.05) is 0 Å². The first-order valence-electron chi connectivity index (χ1n) is 18.4. The maximum Gasteiger partial charge on any atom is 0.131 e. The first-order chi connectivity index (χ1) is 24.4. The number of halogens is 2. The summed E-state index contributed by atoms with van der Waals surface area (Å²) in [6.07, 6.45) is 9.08. The Bertz CT molecular complexity index is 1920. The molecule has 256 valence electrons. The highest BCUT2D eigenvalue weighted by molar-refractivity contribution is 5.72. The minimum absolute atomic E-state index is 0.168. The fraction of sp³-hybridized carbons (Fsp3) is 0.250. The second kappa shape index (κ2) is 18.3. The van der Waals surface area contributed by atoms with Crippen molar-refractivity contribution in [2.24, 2.45) is 0 Å². The summed E-state index contributed by atoms with van der Waals surface area (Å²) in [7, 11) is 0. The lowest BCUT2D eigenvalue weighted by Gasteiger charge is -2.09. The third-order valence-corrected chi connectivity index (χ3v) is 9.47. The van der Waals surface area contributed by atoms with Crippen LogP contribution in [0.25, 0.3) is 44.5 Å². The predicted octanol–water partition coefficient (Wildman–Crippen LogP) is 14.1. The molecule has 0 fully saturated rings. The number of benzene rings is 6. The van der Waals surface area contributed by atoms with Crippen molar-refractivity contribution in [3.05, 3.63) is 167 Å². The average molecular weight is 665 g/mol. The zero-order valence-corrected chi connectivity index (χ0v) is 30.1. The van der Waals surface area contributed by atoms with Crippen molar-refractivity contribution in [3.8, 4) is 44.5 Å². The van der Waals surface area contributed by atoms with E-state index in [0.29, 0.717) is 11.1 Å². The largest absolute Gasteiger partial charge is 0.206 e. The summed E-state index contributed by atoms with van der Waals surface area (Å²) in [5, 5.41) is 0. The Morgan fingerprint density at radius 1 is 0.340 bits per heavy atom. The molecule has 0 heterocycles. The Balaban J connectivity index is 0.000000195. The molecule has 6 aromatic rings. The van der Waals surface area contributed by atoms with Gasteiger partial charge in [0.1, 0.15) is 11.6 Å². The van der Waals surface area contributed by atoms with Crippen LogP contribution in [0.2, 0.25) is 0 Å². The highest BCUT2D eigenvalue weighted by Crippen LogP contribution is 2.30. The van der Waals surface area contributed by atoms with E-state index in [-0.39, 0.29) is 11.6 Å². The molecule has 0 amide bonds.